The first-order chi connectivity index (χ1) is 12.3. The van der Waals surface area contributed by atoms with Gasteiger partial charge >= 0.3 is 0 Å². The van der Waals surface area contributed by atoms with Crippen LogP contribution in [0.4, 0.5) is 0 Å². The summed E-state index contributed by atoms with van der Waals surface area (Å²) in [5.74, 6) is 2.42. The Balaban J connectivity index is 1.84. The highest BCUT2D eigenvalue weighted by atomic mass is 16.5. The summed E-state index contributed by atoms with van der Waals surface area (Å²) in [4.78, 5) is 6.49. The molecular formula is C20H22N2O3. The second kappa shape index (κ2) is 8.35. The Morgan fingerprint density at radius 1 is 0.960 bits per heavy atom. The molecule has 0 aliphatic rings. The molecule has 0 aliphatic heterocycles. The van der Waals surface area contributed by atoms with Crippen LogP contribution in [-0.4, -0.2) is 24.1 Å². The zero-order chi connectivity index (χ0) is 17.5. The molecule has 0 radical (unpaired) electrons. The number of hydrogen-bond donors (Lipinski definition) is 0. The van der Waals surface area contributed by atoms with Gasteiger partial charge in [-0.25, -0.2) is 0 Å². The second-order valence-electron chi connectivity index (χ2n) is 5.74. The summed E-state index contributed by atoms with van der Waals surface area (Å²) >= 11 is 0. The summed E-state index contributed by atoms with van der Waals surface area (Å²) in [7, 11) is 3.32. The largest absolute Gasteiger partial charge is 0.493 e. The molecule has 0 amide bonds. The van der Waals surface area contributed by atoms with Gasteiger partial charge in [0.05, 0.1) is 27.0 Å². The van der Waals surface area contributed by atoms with Crippen molar-refractivity contribution in [1.29, 1.82) is 0 Å². The van der Waals surface area contributed by atoms with Gasteiger partial charge in [-0.05, 0) is 29.8 Å². The van der Waals surface area contributed by atoms with E-state index in [-0.39, 0.29) is 0 Å². The van der Waals surface area contributed by atoms with Crippen molar-refractivity contribution in [2.75, 3.05) is 14.2 Å². The normalized spacial score (nSPS) is 10.8. The maximum absolute atomic E-state index is 5.57. The molecule has 5 nitrogen and oxygen atoms in total. The third-order valence-electron chi connectivity index (χ3n) is 3.97. The SMILES string of the molecule is COc1cccc(CN(Cc2cccnc2)Cc2ccco2)c1OC. The lowest BCUT2D eigenvalue weighted by Gasteiger charge is -2.23. The second-order valence-corrected chi connectivity index (χ2v) is 5.74. The minimum Gasteiger partial charge on any atom is -0.493 e. The predicted octanol–water partition coefficient (Wildman–Crippen LogP) is 3.89. The van der Waals surface area contributed by atoms with Gasteiger partial charge in [-0.3, -0.25) is 9.88 Å². The van der Waals surface area contributed by atoms with Crippen LogP contribution in [0, 0.1) is 0 Å². The van der Waals surface area contributed by atoms with Crippen molar-refractivity contribution in [1.82, 2.24) is 9.88 Å². The minimum atomic E-state index is 0.697. The molecule has 5 heteroatoms. The molecule has 25 heavy (non-hydrogen) atoms. The van der Waals surface area contributed by atoms with E-state index in [1.165, 1.54) is 0 Å². The van der Waals surface area contributed by atoms with Crippen molar-refractivity contribution in [2.45, 2.75) is 19.6 Å². The lowest BCUT2D eigenvalue weighted by atomic mass is 10.1. The van der Waals surface area contributed by atoms with E-state index < -0.39 is 0 Å². The quantitative estimate of drug-likeness (QED) is 0.623. The van der Waals surface area contributed by atoms with E-state index in [4.69, 9.17) is 13.9 Å². The monoisotopic (exact) mass is 338 g/mol. The van der Waals surface area contributed by atoms with Crippen molar-refractivity contribution in [3.05, 3.63) is 78.0 Å². The average Bonchev–Trinajstić information content (AvgIpc) is 3.15. The van der Waals surface area contributed by atoms with Crippen LogP contribution in [0.1, 0.15) is 16.9 Å². The molecule has 2 aromatic heterocycles. The van der Waals surface area contributed by atoms with E-state index in [1.54, 1.807) is 26.7 Å². The molecule has 0 fully saturated rings. The molecular weight excluding hydrogens is 316 g/mol. The summed E-state index contributed by atoms with van der Waals surface area (Å²) < 4.78 is 16.5. The third kappa shape index (κ3) is 4.39. The number of benzene rings is 1. The highest BCUT2D eigenvalue weighted by Gasteiger charge is 2.15. The van der Waals surface area contributed by atoms with Crippen LogP contribution in [0.2, 0.25) is 0 Å². The molecule has 3 rings (SSSR count). The summed E-state index contributed by atoms with van der Waals surface area (Å²) in [6.07, 6.45) is 5.37. The summed E-state index contributed by atoms with van der Waals surface area (Å²) in [6.45, 7) is 2.16. The maximum atomic E-state index is 5.57. The molecule has 0 saturated heterocycles. The Kier molecular flexibility index (Phi) is 5.69. The van der Waals surface area contributed by atoms with E-state index >= 15 is 0 Å². The van der Waals surface area contributed by atoms with E-state index in [0.29, 0.717) is 13.1 Å². The van der Waals surface area contributed by atoms with E-state index in [0.717, 1.165) is 34.9 Å². The Morgan fingerprint density at radius 3 is 2.56 bits per heavy atom. The standard InChI is InChI=1S/C20H22N2O3/c1-23-19-9-3-7-17(20(19)24-2)14-22(15-18-8-5-11-25-18)13-16-6-4-10-21-12-16/h3-12H,13-15H2,1-2H3. The van der Waals surface area contributed by atoms with Crippen LogP contribution in [0.15, 0.2) is 65.5 Å². The first-order valence-electron chi connectivity index (χ1n) is 8.13. The topological polar surface area (TPSA) is 47.7 Å². The summed E-state index contributed by atoms with van der Waals surface area (Å²) in [6, 6.07) is 13.9. The van der Waals surface area contributed by atoms with Crippen LogP contribution in [0.3, 0.4) is 0 Å². The van der Waals surface area contributed by atoms with Crippen LogP contribution in [0.25, 0.3) is 0 Å². The molecule has 2 heterocycles. The number of furan rings is 1. The Bertz CT molecular complexity index is 773. The highest BCUT2D eigenvalue weighted by molar-refractivity contribution is 5.46. The van der Waals surface area contributed by atoms with E-state index in [2.05, 4.69) is 22.0 Å². The lowest BCUT2D eigenvalue weighted by Crippen LogP contribution is -2.22. The van der Waals surface area contributed by atoms with Crippen LogP contribution in [-0.2, 0) is 19.6 Å². The summed E-state index contributed by atoms with van der Waals surface area (Å²) in [5.41, 5.74) is 2.22. The van der Waals surface area contributed by atoms with Crippen molar-refractivity contribution < 1.29 is 13.9 Å². The van der Waals surface area contributed by atoms with Gasteiger partial charge in [0.2, 0.25) is 0 Å². The zero-order valence-corrected chi connectivity index (χ0v) is 14.5. The van der Waals surface area contributed by atoms with Gasteiger partial charge in [-0.1, -0.05) is 18.2 Å². The number of hydrogen-bond acceptors (Lipinski definition) is 5. The molecule has 3 aromatic rings. The molecule has 0 N–H and O–H groups in total. The van der Waals surface area contributed by atoms with E-state index in [1.807, 2.05) is 36.5 Å². The molecule has 1 aromatic carbocycles. The van der Waals surface area contributed by atoms with Crippen LogP contribution >= 0.6 is 0 Å². The minimum absolute atomic E-state index is 0.697. The number of para-hydroxylation sites is 1. The smallest absolute Gasteiger partial charge is 0.165 e. The molecule has 0 spiro atoms. The van der Waals surface area contributed by atoms with Gasteiger partial charge in [0.15, 0.2) is 11.5 Å². The van der Waals surface area contributed by atoms with Gasteiger partial charge in [-0.2, -0.15) is 0 Å². The number of pyridine rings is 1. The maximum Gasteiger partial charge on any atom is 0.165 e. The van der Waals surface area contributed by atoms with Gasteiger partial charge in [-0.15, -0.1) is 0 Å². The first kappa shape index (κ1) is 17.0. The fraction of sp³-hybridized carbons (Fsp3) is 0.250. The van der Waals surface area contributed by atoms with E-state index in [9.17, 15) is 0 Å². The Hall–Kier alpha value is -2.79. The fourth-order valence-electron chi connectivity index (χ4n) is 2.86. The molecule has 0 atom stereocenters. The van der Waals surface area contributed by atoms with Gasteiger partial charge in [0.1, 0.15) is 5.76 Å². The van der Waals surface area contributed by atoms with Crippen molar-refractivity contribution in [3.63, 3.8) is 0 Å². The zero-order valence-electron chi connectivity index (χ0n) is 14.5. The third-order valence-corrected chi connectivity index (χ3v) is 3.97. The average molecular weight is 338 g/mol. The molecule has 0 unspecified atom stereocenters. The molecule has 0 bridgehead atoms. The molecule has 0 aliphatic carbocycles. The number of aromatic nitrogens is 1. The van der Waals surface area contributed by atoms with Gasteiger partial charge in [0, 0.05) is 31.0 Å². The molecule has 0 saturated carbocycles. The van der Waals surface area contributed by atoms with Crippen LogP contribution in [0.5, 0.6) is 11.5 Å². The van der Waals surface area contributed by atoms with Crippen molar-refractivity contribution in [2.24, 2.45) is 0 Å². The Morgan fingerprint density at radius 2 is 1.88 bits per heavy atom. The van der Waals surface area contributed by atoms with Crippen molar-refractivity contribution >= 4 is 0 Å². The number of rotatable bonds is 8. The number of nitrogens with zero attached hydrogens (tertiary/aromatic N) is 2. The predicted molar refractivity (Wildman–Crippen MR) is 95.4 cm³/mol. The van der Waals surface area contributed by atoms with Gasteiger partial charge in [0.25, 0.3) is 0 Å². The number of ether oxygens (including phenoxy) is 2. The first-order valence-corrected chi connectivity index (χ1v) is 8.13. The van der Waals surface area contributed by atoms with Crippen molar-refractivity contribution in [3.8, 4) is 11.5 Å². The fourth-order valence-corrected chi connectivity index (χ4v) is 2.86. The summed E-state index contributed by atoms with van der Waals surface area (Å²) in [5, 5.41) is 0. The Labute approximate surface area is 147 Å². The molecule has 130 valence electrons. The van der Waals surface area contributed by atoms with Crippen LogP contribution < -0.4 is 9.47 Å². The van der Waals surface area contributed by atoms with Gasteiger partial charge < -0.3 is 13.9 Å². The number of methoxy groups -OCH3 is 2. The lowest BCUT2D eigenvalue weighted by molar-refractivity contribution is 0.222. The highest BCUT2D eigenvalue weighted by Crippen LogP contribution is 2.32.